The van der Waals surface area contributed by atoms with Crippen molar-refractivity contribution in [2.75, 3.05) is 0 Å². The Balaban J connectivity index is 0.000000864. The molecule has 6 aromatic rings. The van der Waals surface area contributed by atoms with Crippen LogP contribution in [0.1, 0.15) is 22.3 Å². The number of hydrogen-bond donors (Lipinski definition) is 0. The Kier molecular flexibility index (Phi) is 6.76. The third-order valence-corrected chi connectivity index (χ3v) is 7.25. The van der Waals surface area contributed by atoms with E-state index >= 15 is 0 Å². The van der Waals surface area contributed by atoms with Gasteiger partial charge in [-0.1, -0.05) is 97.1 Å². The summed E-state index contributed by atoms with van der Waals surface area (Å²) in [6.45, 7) is 0. The Morgan fingerprint density at radius 2 is 0.909 bits per heavy atom. The molecule has 0 saturated carbocycles. The van der Waals surface area contributed by atoms with Crippen molar-refractivity contribution in [1.29, 1.82) is 0 Å². The minimum atomic E-state index is 0. The molecule has 0 saturated heterocycles. The summed E-state index contributed by atoms with van der Waals surface area (Å²) in [6, 6.07) is 31.8. The van der Waals surface area contributed by atoms with Crippen molar-refractivity contribution in [2.45, 2.75) is 25.7 Å². The standard InChI is InChI=1S/C30H22.2ClH.Ti/c1-3-7-25-19(5-1)9-11-23-17-21-14-16-28-22(13-15-27(21)29(23)25)18-24-12-10-20-6-2-4-8-26(20)30(24)28;;;/h1-12,17-18H,13-16H2;2*1H;/q-2;;;+4/p-2. The zero-order valence-electron chi connectivity index (χ0n) is 18.2. The molecular weight excluding hydrogens is 479 g/mol. The molecule has 0 aromatic heterocycles. The Labute approximate surface area is 221 Å². The second-order valence-electron chi connectivity index (χ2n) is 8.80. The van der Waals surface area contributed by atoms with Crippen LogP contribution in [0.25, 0.3) is 43.1 Å². The van der Waals surface area contributed by atoms with Gasteiger partial charge in [-0.05, 0) is 10.8 Å². The van der Waals surface area contributed by atoms with Crippen molar-refractivity contribution in [2.24, 2.45) is 0 Å². The Morgan fingerprint density at radius 1 is 0.485 bits per heavy atom. The van der Waals surface area contributed by atoms with E-state index in [-0.39, 0.29) is 46.5 Å². The summed E-state index contributed by atoms with van der Waals surface area (Å²) < 4.78 is 0. The van der Waals surface area contributed by atoms with E-state index < -0.39 is 0 Å². The Hall–Kier alpha value is -2.09. The molecular formula is C30H22Cl2Ti. The van der Waals surface area contributed by atoms with E-state index in [0.717, 1.165) is 25.7 Å². The largest absolute Gasteiger partial charge is 4.00 e. The first-order chi connectivity index (χ1) is 14.9. The van der Waals surface area contributed by atoms with Gasteiger partial charge in [-0.2, -0.15) is 0 Å². The molecule has 3 heteroatoms. The molecule has 0 heterocycles. The smallest absolute Gasteiger partial charge is 1.00 e. The topological polar surface area (TPSA) is 0 Å². The van der Waals surface area contributed by atoms with Gasteiger partial charge in [-0.25, -0.2) is 0 Å². The van der Waals surface area contributed by atoms with Crippen LogP contribution in [0.3, 0.4) is 0 Å². The summed E-state index contributed by atoms with van der Waals surface area (Å²) >= 11 is 0. The number of hydrogen-bond acceptors (Lipinski definition) is 0. The van der Waals surface area contributed by atoms with Crippen LogP contribution in [-0.2, 0) is 47.4 Å². The first-order valence-electron chi connectivity index (χ1n) is 11.0. The number of rotatable bonds is 0. The van der Waals surface area contributed by atoms with Crippen LogP contribution in [-0.4, -0.2) is 0 Å². The molecule has 0 N–H and O–H groups in total. The molecule has 1 aliphatic carbocycles. The van der Waals surface area contributed by atoms with Crippen LogP contribution in [0, 0.1) is 0 Å². The first-order valence-corrected chi connectivity index (χ1v) is 11.0. The van der Waals surface area contributed by atoms with E-state index in [1.54, 1.807) is 22.3 Å². The van der Waals surface area contributed by atoms with Gasteiger partial charge in [0.1, 0.15) is 0 Å². The van der Waals surface area contributed by atoms with Crippen molar-refractivity contribution >= 4 is 43.1 Å². The van der Waals surface area contributed by atoms with E-state index in [2.05, 4.69) is 84.9 Å². The zero-order chi connectivity index (χ0) is 19.7. The van der Waals surface area contributed by atoms with Gasteiger partial charge in [0, 0.05) is 0 Å². The van der Waals surface area contributed by atoms with Crippen LogP contribution in [0.4, 0.5) is 0 Å². The van der Waals surface area contributed by atoms with Gasteiger partial charge in [-0.15, -0.1) is 68.1 Å². The Morgan fingerprint density at radius 3 is 1.36 bits per heavy atom. The third-order valence-electron chi connectivity index (χ3n) is 7.25. The summed E-state index contributed by atoms with van der Waals surface area (Å²) in [7, 11) is 0. The maximum atomic E-state index is 2.46. The molecule has 0 unspecified atom stereocenters. The van der Waals surface area contributed by atoms with Gasteiger partial charge < -0.3 is 24.8 Å². The number of benzene rings is 4. The van der Waals surface area contributed by atoms with E-state index in [0.29, 0.717) is 0 Å². The minimum absolute atomic E-state index is 0. The second-order valence-corrected chi connectivity index (χ2v) is 8.80. The molecule has 33 heavy (non-hydrogen) atoms. The Bertz CT molecular complexity index is 1480. The van der Waals surface area contributed by atoms with Crippen LogP contribution in [0.5, 0.6) is 0 Å². The van der Waals surface area contributed by atoms with Gasteiger partial charge in [0.15, 0.2) is 0 Å². The predicted octanol–water partition coefficient (Wildman–Crippen LogP) is 1.63. The average molecular weight is 501 g/mol. The molecule has 0 spiro atoms. The van der Waals surface area contributed by atoms with Crippen LogP contribution in [0.2, 0.25) is 0 Å². The summed E-state index contributed by atoms with van der Waals surface area (Å²) in [5.41, 5.74) is 6.29. The predicted molar refractivity (Wildman–Crippen MR) is 129 cm³/mol. The maximum absolute atomic E-state index is 2.46. The normalized spacial score (nSPS) is 12.8. The second kappa shape index (κ2) is 9.28. The fourth-order valence-electron chi connectivity index (χ4n) is 5.90. The van der Waals surface area contributed by atoms with Gasteiger partial charge in [-0.3, -0.25) is 0 Å². The molecule has 0 bridgehead atoms. The third kappa shape index (κ3) is 3.65. The fourth-order valence-corrected chi connectivity index (χ4v) is 5.90. The zero-order valence-corrected chi connectivity index (χ0v) is 21.2. The van der Waals surface area contributed by atoms with E-state index in [9.17, 15) is 0 Å². The minimum Gasteiger partial charge on any atom is -1.00 e. The van der Waals surface area contributed by atoms with E-state index in [1.807, 2.05) is 0 Å². The number of fused-ring (bicyclic) bond motifs is 10. The van der Waals surface area contributed by atoms with Crippen molar-refractivity contribution in [3.8, 4) is 0 Å². The van der Waals surface area contributed by atoms with Gasteiger partial charge in [0.2, 0.25) is 0 Å². The van der Waals surface area contributed by atoms with Crippen molar-refractivity contribution in [3.63, 3.8) is 0 Å². The molecule has 160 valence electrons. The molecule has 1 aliphatic rings. The average Bonchev–Trinajstić information content (AvgIpc) is 3.31. The van der Waals surface area contributed by atoms with Crippen LogP contribution in [0.15, 0.2) is 84.9 Å². The molecule has 0 radical (unpaired) electrons. The number of halogens is 2. The molecule has 0 atom stereocenters. The van der Waals surface area contributed by atoms with Crippen molar-refractivity contribution in [3.05, 3.63) is 107 Å². The molecule has 0 aliphatic heterocycles. The maximum Gasteiger partial charge on any atom is 4.00 e. The summed E-state index contributed by atoms with van der Waals surface area (Å²) in [5, 5.41) is 11.3. The fraction of sp³-hybridized carbons (Fsp3) is 0.133. The quantitative estimate of drug-likeness (QED) is 0.220. The number of aryl methyl sites for hydroxylation is 4. The van der Waals surface area contributed by atoms with Crippen molar-refractivity contribution < 1.29 is 46.5 Å². The van der Waals surface area contributed by atoms with Crippen LogP contribution >= 0.6 is 0 Å². The van der Waals surface area contributed by atoms with Gasteiger partial charge >= 0.3 is 21.7 Å². The monoisotopic (exact) mass is 500 g/mol. The van der Waals surface area contributed by atoms with Crippen molar-refractivity contribution in [1.82, 2.24) is 0 Å². The van der Waals surface area contributed by atoms with E-state index in [1.165, 1.54) is 43.1 Å². The van der Waals surface area contributed by atoms with E-state index in [4.69, 9.17) is 0 Å². The van der Waals surface area contributed by atoms with Gasteiger partial charge in [0.05, 0.1) is 0 Å². The molecule has 0 amide bonds. The summed E-state index contributed by atoms with van der Waals surface area (Å²) in [6.07, 6.45) is 4.53. The summed E-state index contributed by atoms with van der Waals surface area (Å²) in [5.74, 6) is 0. The molecule has 0 nitrogen and oxygen atoms in total. The molecule has 0 fully saturated rings. The molecule has 6 aromatic carbocycles. The first kappa shape index (κ1) is 24.1. The molecule has 7 rings (SSSR count). The SMILES string of the molecule is [Cl-].[Cl-].[Ti+4].c1ccc2c(c1)ccc1[cH-]c3c(c12)CCc1[cH-]c2ccc4ccccc4c2c1CC3. The summed E-state index contributed by atoms with van der Waals surface area (Å²) in [4.78, 5) is 0. The van der Waals surface area contributed by atoms with Crippen LogP contribution < -0.4 is 24.8 Å². The van der Waals surface area contributed by atoms with Gasteiger partial charge in [0.25, 0.3) is 0 Å².